The van der Waals surface area contributed by atoms with Crippen molar-refractivity contribution >= 4 is 0 Å². The minimum atomic E-state index is 0.774. The number of hydrogen-bond donors (Lipinski definition) is 0. The number of unbranched alkanes of at least 4 members (excludes halogenated alkanes) is 22. The summed E-state index contributed by atoms with van der Waals surface area (Å²) >= 11 is 0. The van der Waals surface area contributed by atoms with Crippen molar-refractivity contribution in [1.29, 1.82) is 0 Å². The highest BCUT2D eigenvalue weighted by Crippen LogP contribution is 2.13. The lowest BCUT2D eigenvalue weighted by Crippen LogP contribution is -2.06. The minimum absolute atomic E-state index is 0.774. The third-order valence-electron chi connectivity index (χ3n) is 6.66. The van der Waals surface area contributed by atoms with Crippen molar-refractivity contribution < 1.29 is 9.47 Å². The second-order valence-electron chi connectivity index (χ2n) is 10.0. The van der Waals surface area contributed by atoms with E-state index in [2.05, 4.69) is 13.8 Å². The van der Waals surface area contributed by atoms with E-state index in [1.165, 1.54) is 154 Å². The van der Waals surface area contributed by atoms with E-state index in [0.717, 1.165) is 26.4 Å². The Morgan fingerprint density at radius 2 is 0.469 bits per heavy atom. The van der Waals surface area contributed by atoms with Crippen LogP contribution in [0.1, 0.15) is 168 Å². The van der Waals surface area contributed by atoms with Gasteiger partial charge in [-0.05, 0) is 12.8 Å². The molecule has 2 heteroatoms. The second-order valence-corrected chi connectivity index (χ2v) is 10.0. The molecule has 0 radical (unpaired) electrons. The van der Waals surface area contributed by atoms with Gasteiger partial charge >= 0.3 is 0 Å². The molecule has 0 amide bonds. The predicted molar refractivity (Wildman–Crippen MR) is 144 cm³/mol. The van der Waals surface area contributed by atoms with Crippen LogP contribution >= 0.6 is 0 Å². The molecule has 0 aromatic heterocycles. The van der Waals surface area contributed by atoms with Gasteiger partial charge in [-0.2, -0.15) is 0 Å². The zero-order chi connectivity index (χ0) is 23.2. The second kappa shape index (κ2) is 30.9. The molecule has 0 rings (SSSR count). The van der Waals surface area contributed by atoms with Crippen molar-refractivity contribution in [2.24, 2.45) is 0 Å². The van der Waals surface area contributed by atoms with Gasteiger partial charge < -0.3 is 9.47 Å². The van der Waals surface area contributed by atoms with Crippen molar-refractivity contribution in [2.75, 3.05) is 26.4 Å². The van der Waals surface area contributed by atoms with E-state index in [0.29, 0.717) is 0 Å². The van der Waals surface area contributed by atoms with Gasteiger partial charge in [0.2, 0.25) is 0 Å². The summed E-state index contributed by atoms with van der Waals surface area (Å²) in [6.07, 6.45) is 33.6. The molecule has 0 heterocycles. The van der Waals surface area contributed by atoms with Gasteiger partial charge in [0, 0.05) is 13.2 Å². The molecule has 0 saturated heterocycles. The highest BCUT2D eigenvalue weighted by atomic mass is 16.5. The fraction of sp³-hybridized carbons (Fsp3) is 1.00. The average molecular weight is 455 g/mol. The number of hydrogen-bond acceptors (Lipinski definition) is 2. The van der Waals surface area contributed by atoms with E-state index in [-0.39, 0.29) is 0 Å². The highest BCUT2D eigenvalue weighted by molar-refractivity contribution is 4.50. The SMILES string of the molecule is CCCCCCCCCCCCCCOCCOCCCCCCCCCCCCCC. The first kappa shape index (κ1) is 31.9. The zero-order valence-corrected chi connectivity index (χ0v) is 22.6. The largest absolute Gasteiger partial charge is 0.379 e. The lowest BCUT2D eigenvalue weighted by molar-refractivity contribution is 0.0448. The molecule has 0 aromatic rings. The fourth-order valence-electron chi connectivity index (χ4n) is 4.41. The van der Waals surface area contributed by atoms with Crippen LogP contribution < -0.4 is 0 Å². The van der Waals surface area contributed by atoms with Crippen LogP contribution in [0.2, 0.25) is 0 Å². The molecule has 0 fully saturated rings. The van der Waals surface area contributed by atoms with Gasteiger partial charge in [0.15, 0.2) is 0 Å². The summed E-state index contributed by atoms with van der Waals surface area (Å²) in [6, 6.07) is 0. The molecule has 0 bridgehead atoms. The normalized spacial score (nSPS) is 11.4. The monoisotopic (exact) mass is 454 g/mol. The maximum Gasteiger partial charge on any atom is 0.0700 e. The molecule has 194 valence electrons. The molecule has 0 aliphatic heterocycles. The van der Waals surface area contributed by atoms with Gasteiger partial charge in [-0.3, -0.25) is 0 Å². The minimum Gasteiger partial charge on any atom is -0.379 e. The summed E-state index contributed by atoms with van der Waals surface area (Å²) in [7, 11) is 0. The van der Waals surface area contributed by atoms with Crippen molar-refractivity contribution in [2.45, 2.75) is 168 Å². The van der Waals surface area contributed by atoms with Crippen LogP contribution in [0.25, 0.3) is 0 Å². The number of rotatable bonds is 29. The predicted octanol–water partition coefficient (Wildman–Crippen LogP) is 10.4. The summed E-state index contributed by atoms with van der Waals surface area (Å²) in [5.74, 6) is 0. The first-order valence-electron chi connectivity index (χ1n) is 15.1. The summed E-state index contributed by atoms with van der Waals surface area (Å²) < 4.78 is 11.4. The highest BCUT2D eigenvalue weighted by Gasteiger charge is 1.96. The third kappa shape index (κ3) is 29.9. The van der Waals surface area contributed by atoms with E-state index < -0.39 is 0 Å². The standard InChI is InChI=1S/C30H62O2/c1-3-5-7-9-11-13-15-17-19-21-23-25-27-31-29-30-32-28-26-24-22-20-18-16-14-12-10-8-6-4-2/h3-30H2,1-2H3. The topological polar surface area (TPSA) is 18.5 Å². The Balaban J connectivity index is 2.98. The Kier molecular flexibility index (Phi) is 30.8. The van der Waals surface area contributed by atoms with Crippen LogP contribution in [-0.4, -0.2) is 26.4 Å². The van der Waals surface area contributed by atoms with Gasteiger partial charge in [0.25, 0.3) is 0 Å². The molecular weight excluding hydrogens is 392 g/mol. The Hall–Kier alpha value is -0.0800. The maximum atomic E-state index is 5.71. The van der Waals surface area contributed by atoms with Crippen molar-refractivity contribution in [3.8, 4) is 0 Å². The molecule has 0 N–H and O–H groups in total. The van der Waals surface area contributed by atoms with Crippen LogP contribution in [0.3, 0.4) is 0 Å². The molecular formula is C30H62O2. The van der Waals surface area contributed by atoms with Crippen molar-refractivity contribution in [3.63, 3.8) is 0 Å². The Labute approximate surface area is 204 Å². The quantitative estimate of drug-likeness (QED) is 0.105. The fourth-order valence-corrected chi connectivity index (χ4v) is 4.41. The van der Waals surface area contributed by atoms with Crippen LogP contribution in [-0.2, 0) is 9.47 Å². The average Bonchev–Trinajstić information content (AvgIpc) is 2.81. The van der Waals surface area contributed by atoms with Crippen molar-refractivity contribution in [3.05, 3.63) is 0 Å². The zero-order valence-electron chi connectivity index (χ0n) is 22.6. The Bertz CT molecular complexity index is 275. The van der Waals surface area contributed by atoms with Gasteiger partial charge in [0.05, 0.1) is 13.2 Å². The Morgan fingerprint density at radius 1 is 0.250 bits per heavy atom. The van der Waals surface area contributed by atoms with Crippen LogP contribution in [0.5, 0.6) is 0 Å². The van der Waals surface area contributed by atoms with Gasteiger partial charge in [-0.15, -0.1) is 0 Å². The summed E-state index contributed by atoms with van der Waals surface area (Å²) in [5.41, 5.74) is 0. The molecule has 0 saturated carbocycles. The van der Waals surface area contributed by atoms with Crippen LogP contribution in [0.15, 0.2) is 0 Å². The molecule has 0 atom stereocenters. The van der Waals surface area contributed by atoms with Gasteiger partial charge in [0.1, 0.15) is 0 Å². The van der Waals surface area contributed by atoms with Gasteiger partial charge in [-0.25, -0.2) is 0 Å². The third-order valence-corrected chi connectivity index (χ3v) is 6.66. The maximum absolute atomic E-state index is 5.71. The lowest BCUT2D eigenvalue weighted by atomic mass is 10.1. The van der Waals surface area contributed by atoms with E-state index in [9.17, 15) is 0 Å². The lowest BCUT2D eigenvalue weighted by Gasteiger charge is -2.06. The molecule has 0 aliphatic carbocycles. The number of ether oxygens (including phenoxy) is 2. The molecule has 0 aromatic carbocycles. The van der Waals surface area contributed by atoms with E-state index in [4.69, 9.17) is 9.47 Å². The molecule has 2 nitrogen and oxygen atoms in total. The first-order valence-corrected chi connectivity index (χ1v) is 15.1. The van der Waals surface area contributed by atoms with E-state index in [1.807, 2.05) is 0 Å². The van der Waals surface area contributed by atoms with E-state index in [1.54, 1.807) is 0 Å². The summed E-state index contributed by atoms with van der Waals surface area (Å²) in [5, 5.41) is 0. The van der Waals surface area contributed by atoms with Crippen LogP contribution in [0, 0.1) is 0 Å². The molecule has 0 unspecified atom stereocenters. The van der Waals surface area contributed by atoms with Gasteiger partial charge in [-0.1, -0.05) is 155 Å². The smallest absolute Gasteiger partial charge is 0.0700 e. The Morgan fingerprint density at radius 3 is 0.719 bits per heavy atom. The van der Waals surface area contributed by atoms with Crippen molar-refractivity contribution in [1.82, 2.24) is 0 Å². The molecule has 0 spiro atoms. The summed E-state index contributed by atoms with van der Waals surface area (Å²) in [4.78, 5) is 0. The molecule has 0 aliphatic rings. The van der Waals surface area contributed by atoms with Crippen LogP contribution in [0.4, 0.5) is 0 Å². The first-order chi connectivity index (χ1) is 15.9. The van der Waals surface area contributed by atoms with E-state index >= 15 is 0 Å². The molecule has 32 heavy (non-hydrogen) atoms. The summed E-state index contributed by atoms with van der Waals surface area (Å²) in [6.45, 7) is 7.96.